The third kappa shape index (κ3) is 7.85. The summed E-state index contributed by atoms with van der Waals surface area (Å²) < 4.78 is 5.30. The number of urea groups is 1. The van der Waals surface area contributed by atoms with Gasteiger partial charge in [0, 0.05) is 19.0 Å². The molecule has 6 nitrogen and oxygen atoms in total. The molecule has 134 valence electrons. The summed E-state index contributed by atoms with van der Waals surface area (Å²) in [6.45, 7) is 9.51. The molecule has 0 atom stereocenters. The van der Waals surface area contributed by atoms with Gasteiger partial charge in [-0.05, 0) is 64.3 Å². The van der Waals surface area contributed by atoms with E-state index in [1.807, 2.05) is 34.6 Å². The highest BCUT2D eigenvalue weighted by molar-refractivity contribution is 5.74. The van der Waals surface area contributed by atoms with E-state index in [2.05, 4.69) is 10.6 Å². The summed E-state index contributed by atoms with van der Waals surface area (Å²) in [4.78, 5) is 23.5. The van der Waals surface area contributed by atoms with Crippen LogP contribution in [0.15, 0.2) is 18.2 Å². The zero-order chi connectivity index (χ0) is 18.3. The maximum Gasteiger partial charge on any atom is 0.315 e. The number of carbonyl (C=O) groups excluding carboxylic acids is 2. The fourth-order valence-electron chi connectivity index (χ4n) is 2.14. The molecule has 24 heavy (non-hydrogen) atoms. The Morgan fingerprint density at radius 1 is 1.21 bits per heavy atom. The van der Waals surface area contributed by atoms with E-state index in [1.54, 1.807) is 18.2 Å². The molecule has 0 aromatic heterocycles. The van der Waals surface area contributed by atoms with Crippen LogP contribution in [-0.2, 0) is 22.5 Å². The van der Waals surface area contributed by atoms with Crippen LogP contribution < -0.4 is 10.6 Å². The SMILES string of the molecule is CC(C)NC(=O)NCc1cc(O)ccc1CCC(=O)OC(C)(C)C. The Hall–Kier alpha value is -2.24. The summed E-state index contributed by atoms with van der Waals surface area (Å²) in [5.41, 5.74) is 1.16. The molecule has 0 heterocycles. The van der Waals surface area contributed by atoms with E-state index in [1.165, 1.54) is 0 Å². The number of ether oxygens (including phenoxy) is 1. The van der Waals surface area contributed by atoms with E-state index in [4.69, 9.17) is 4.74 Å². The van der Waals surface area contributed by atoms with Gasteiger partial charge in [-0.1, -0.05) is 6.07 Å². The fourth-order valence-corrected chi connectivity index (χ4v) is 2.14. The number of carbonyl (C=O) groups is 2. The van der Waals surface area contributed by atoms with Crippen LogP contribution >= 0.6 is 0 Å². The minimum atomic E-state index is -0.509. The predicted molar refractivity (Wildman–Crippen MR) is 92.8 cm³/mol. The number of phenolic OH excluding ortho intramolecular Hbond substituents is 1. The molecule has 0 bridgehead atoms. The highest BCUT2D eigenvalue weighted by atomic mass is 16.6. The second-order valence-electron chi connectivity index (χ2n) is 7.02. The smallest absolute Gasteiger partial charge is 0.315 e. The number of hydrogen-bond acceptors (Lipinski definition) is 4. The van der Waals surface area contributed by atoms with Crippen LogP contribution in [0, 0.1) is 0 Å². The van der Waals surface area contributed by atoms with E-state index >= 15 is 0 Å². The van der Waals surface area contributed by atoms with Crippen LogP contribution in [0.3, 0.4) is 0 Å². The van der Waals surface area contributed by atoms with E-state index in [0.29, 0.717) is 6.42 Å². The van der Waals surface area contributed by atoms with Crippen LogP contribution in [0.1, 0.15) is 52.2 Å². The van der Waals surface area contributed by atoms with Gasteiger partial charge in [-0.25, -0.2) is 4.79 Å². The molecule has 0 spiro atoms. The Bertz CT molecular complexity index is 577. The number of rotatable bonds is 6. The molecule has 1 aromatic carbocycles. The lowest BCUT2D eigenvalue weighted by Gasteiger charge is -2.19. The van der Waals surface area contributed by atoms with Crippen molar-refractivity contribution in [1.29, 1.82) is 0 Å². The van der Waals surface area contributed by atoms with Gasteiger partial charge in [0.1, 0.15) is 11.4 Å². The summed E-state index contributed by atoms with van der Waals surface area (Å²) in [5, 5.41) is 15.1. The summed E-state index contributed by atoms with van der Waals surface area (Å²) in [6.07, 6.45) is 0.727. The van der Waals surface area contributed by atoms with E-state index in [0.717, 1.165) is 11.1 Å². The van der Waals surface area contributed by atoms with Crippen molar-refractivity contribution in [2.75, 3.05) is 0 Å². The molecule has 0 saturated heterocycles. The second-order valence-corrected chi connectivity index (χ2v) is 7.02. The number of nitrogens with one attached hydrogen (secondary N) is 2. The molecule has 6 heteroatoms. The molecule has 0 unspecified atom stereocenters. The molecule has 1 aromatic rings. The van der Waals surface area contributed by atoms with Crippen LogP contribution in [-0.4, -0.2) is 28.7 Å². The summed E-state index contributed by atoms with van der Waals surface area (Å²) >= 11 is 0. The van der Waals surface area contributed by atoms with Crippen molar-refractivity contribution < 1.29 is 19.4 Å². The topological polar surface area (TPSA) is 87.7 Å². The van der Waals surface area contributed by atoms with Gasteiger partial charge in [0.25, 0.3) is 0 Å². The lowest BCUT2D eigenvalue weighted by Crippen LogP contribution is -2.39. The summed E-state index contributed by atoms with van der Waals surface area (Å²) in [6, 6.07) is 4.70. The molecule has 0 aliphatic carbocycles. The van der Waals surface area contributed by atoms with Crippen molar-refractivity contribution in [2.24, 2.45) is 0 Å². The highest BCUT2D eigenvalue weighted by Gasteiger charge is 2.16. The lowest BCUT2D eigenvalue weighted by atomic mass is 10.0. The Morgan fingerprint density at radius 2 is 1.88 bits per heavy atom. The second kappa shape index (κ2) is 8.57. The van der Waals surface area contributed by atoms with Gasteiger partial charge in [0.15, 0.2) is 0 Å². The molecule has 1 rings (SSSR count). The standard InChI is InChI=1S/C18H28N2O4/c1-12(2)20-17(23)19-11-14-10-15(21)8-6-13(14)7-9-16(22)24-18(3,4)5/h6,8,10,12,21H,7,9,11H2,1-5H3,(H2,19,20,23). The number of amides is 2. The molecule has 0 aliphatic rings. The molecule has 0 fully saturated rings. The maximum atomic E-state index is 11.8. The minimum absolute atomic E-state index is 0.0424. The quantitative estimate of drug-likeness (QED) is 0.697. The maximum absolute atomic E-state index is 11.8. The van der Waals surface area contributed by atoms with Gasteiger partial charge in [-0.2, -0.15) is 0 Å². The number of hydrogen-bond donors (Lipinski definition) is 3. The Morgan fingerprint density at radius 3 is 2.46 bits per heavy atom. The number of aryl methyl sites for hydroxylation is 1. The highest BCUT2D eigenvalue weighted by Crippen LogP contribution is 2.19. The Kier molecular flexibility index (Phi) is 7.07. The molecule has 0 saturated carbocycles. The van der Waals surface area contributed by atoms with Gasteiger partial charge in [0.2, 0.25) is 0 Å². The van der Waals surface area contributed by atoms with Crippen LogP contribution in [0.25, 0.3) is 0 Å². The molecular formula is C18H28N2O4. The number of aromatic hydroxyl groups is 1. The molecule has 3 N–H and O–H groups in total. The first-order valence-electron chi connectivity index (χ1n) is 8.14. The number of phenols is 1. The monoisotopic (exact) mass is 336 g/mol. The van der Waals surface area contributed by atoms with Crippen molar-refractivity contribution in [3.05, 3.63) is 29.3 Å². The van der Waals surface area contributed by atoms with Crippen LogP contribution in [0.2, 0.25) is 0 Å². The first-order valence-corrected chi connectivity index (χ1v) is 8.14. The van der Waals surface area contributed by atoms with Crippen molar-refractivity contribution >= 4 is 12.0 Å². The first-order chi connectivity index (χ1) is 11.1. The van der Waals surface area contributed by atoms with Crippen molar-refractivity contribution in [2.45, 2.75) is 65.6 Å². The zero-order valence-corrected chi connectivity index (χ0v) is 15.1. The van der Waals surface area contributed by atoms with Gasteiger partial charge in [0.05, 0.1) is 0 Å². The van der Waals surface area contributed by atoms with Crippen molar-refractivity contribution in [3.8, 4) is 5.75 Å². The van der Waals surface area contributed by atoms with Gasteiger partial charge >= 0.3 is 12.0 Å². The molecule has 0 aliphatic heterocycles. The Labute approximate surface area is 143 Å². The summed E-state index contributed by atoms with van der Waals surface area (Å²) in [5.74, 6) is -0.149. The summed E-state index contributed by atoms with van der Waals surface area (Å²) in [7, 11) is 0. The lowest BCUT2D eigenvalue weighted by molar-refractivity contribution is -0.154. The van der Waals surface area contributed by atoms with Crippen molar-refractivity contribution in [3.63, 3.8) is 0 Å². The fraction of sp³-hybridized carbons (Fsp3) is 0.556. The van der Waals surface area contributed by atoms with E-state index in [9.17, 15) is 14.7 Å². The van der Waals surface area contributed by atoms with Gasteiger partial charge in [-0.3, -0.25) is 4.79 Å². The van der Waals surface area contributed by atoms with E-state index in [-0.39, 0.29) is 36.8 Å². The number of esters is 1. The molecule has 2 amide bonds. The largest absolute Gasteiger partial charge is 0.508 e. The van der Waals surface area contributed by atoms with Crippen molar-refractivity contribution in [1.82, 2.24) is 10.6 Å². The first kappa shape index (κ1) is 19.8. The third-order valence-electron chi connectivity index (χ3n) is 3.07. The minimum Gasteiger partial charge on any atom is -0.508 e. The van der Waals surface area contributed by atoms with E-state index < -0.39 is 5.60 Å². The van der Waals surface area contributed by atoms with Gasteiger partial charge in [-0.15, -0.1) is 0 Å². The van der Waals surface area contributed by atoms with Crippen LogP contribution in [0.4, 0.5) is 4.79 Å². The number of benzene rings is 1. The Balaban J connectivity index is 2.67. The molecule has 0 radical (unpaired) electrons. The average molecular weight is 336 g/mol. The normalized spacial score (nSPS) is 11.2. The third-order valence-corrected chi connectivity index (χ3v) is 3.07. The predicted octanol–water partition coefficient (Wildman–Crippen LogP) is 2.87. The van der Waals surface area contributed by atoms with Gasteiger partial charge < -0.3 is 20.5 Å². The molecular weight excluding hydrogens is 308 g/mol. The van der Waals surface area contributed by atoms with Crippen LogP contribution in [0.5, 0.6) is 5.75 Å². The zero-order valence-electron chi connectivity index (χ0n) is 15.1. The average Bonchev–Trinajstić information content (AvgIpc) is 2.41.